The van der Waals surface area contributed by atoms with Crippen molar-refractivity contribution in [3.05, 3.63) is 47.9 Å². The molecule has 0 aromatic carbocycles. The summed E-state index contributed by atoms with van der Waals surface area (Å²) >= 11 is 0. The molecule has 2 aliphatic rings. The summed E-state index contributed by atoms with van der Waals surface area (Å²) in [6, 6.07) is 3.44. The van der Waals surface area contributed by atoms with Crippen molar-refractivity contribution < 1.29 is 14.0 Å². The van der Waals surface area contributed by atoms with Gasteiger partial charge >= 0.3 is 0 Å². The van der Waals surface area contributed by atoms with E-state index in [0.29, 0.717) is 31.8 Å². The van der Waals surface area contributed by atoms with Gasteiger partial charge in [0.2, 0.25) is 5.91 Å². The highest BCUT2D eigenvalue weighted by Crippen LogP contribution is 2.39. The lowest BCUT2D eigenvalue weighted by molar-refractivity contribution is -0.139. The average Bonchev–Trinajstić information content (AvgIpc) is 3.21. The molecule has 0 saturated carbocycles. The Morgan fingerprint density at radius 1 is 1.26 bits per heavy atom. The highest BCUT2D eigenvalue weighted by atomic mass is 16.3. The van der Waals surface area contributed by atoms with Crippen LogP contribution in [0, 0.1) is 12.3 Å². The van der Waals surface area contributed by atoms with Crippen LogP contribution in [0.15, 0.2) is 35.2 Å². The van der Waals surface area contributed by atoms with Crippen LogP contribution in [-0.4, -0.2) is 51.2 Å². The third kappa shape index (κ3) is 3.72. The number of aryl methyl sites for hydroxylation is 1. The maximum absolute atomic E-state index is 12.7. The number of nitrogens with zero attached hydrogens (tertiary/aromatic N) is 4. The van der Waals surface area contributed by atoms with E-state index in [4.69, 9.17) is 4.42 Å². The topological polar surface area (TPSA) is 79.5 Å². The summed E-state index contributed by atoms with van der Waals surface area (Å²) in [5, 5.41) is 0. The SMILES string of the molecule is Cc1cnc(CN2C[C@]3(CCCN(C(=O)c4ccco4)C3)CCC2=O)cn1. The fourth-order valence-electron chi connectivity index (χ4n) is 4.21. The van der Waals surface area contributed by atoms with E-state index in [9.17, 15) is 9.59 Å². The molecule has 0 N–H and O–H groups in total. The van der Waals surface area contributed by atoms with E-state index in [1.807, 2.05) is 16.7 Å². The van der Waals surface area contributed by atoms with Gasteiger partial charge in [0.25, 0.3) is 5.91 Å². The van der Waals surface area contributed by atoms with Crippen LogP contribution < -0.4 is 0 Å². The molecule has 2 aliphatic heterocycles. The van der Waals surface area contributed by atoms with Gasteiger partial charge < -0.3 is 14.2 Å². The minimum atomic E-state index is -0.0630. The molecule has 0 aliphatic carbocycles. The van der Waals surface area contributed by atoms with Crippen molar-refractivity contribution in [2.24, 2.45) is 5.41 Å². The maximum atomic E-state index is 12.7. The van der Waals surface area contributed by atoms with Gasteiger partial charge in [0, 0.05) is 37.7 Å². The molecule has 27 heavy (non-hydrogen) atoms. The molecule has 2 amide bonds. The number of likely N-dealkylation sites (tertiary alicyclic amines) is 2. The lowest BCUT2D eigenvalue weighted by atomic mass is 9.73. The number of carbonyl (C=O) groups excluding carboxylic acids is 2. The van der Waals surface area contributed by atoms with Crippen LogP contribution in [-0.2, 0) is 11.3 Å². The standard InChI is InChI=1S/C20H24N4O3/c1-15-10-22-16(11-21-15)12-24-14-20(7-5-18(24)25)6-3-8-23(13-20)19(26)17-4-2-9-27-17/h2,4,9-11H,3,5-8,12-14H2,1H3/t20-/m1/s1. The second kappa shape index (κ2) is 7.13. The van der Waals surface area contributed by atoms with Crippen molar-refractivity contribution in [2.75, 3.05) is 19.6 Å². The number of furan rings is 1. The summed E-state index contributed by atoms with van der Waals surface area (Å²) in [5.74, 6) is 0.468. The van der Waals surface area contributed by atoms with Crippen LogP contribution >= 0.6 is 0 Å². The maximum Gasteiger partial charge on any atom is 0.289 e. The molecular formula is C20H24N4O3. The van der Waals surface area contributed by atoms with Gasteiger partial charge in [0.1, 0.15) is 0 Å². The van der Waals surface area contributed by atoms with E-state index < -0.39 is 0 Å². The number of amides is 2. The first-order valence-corrected chi connectivity index (χ1v) is 9.43. The van der Waals surface area contributed by atoms with Gasteiger partial charge in [0.05, 0.1) is 30.4 Å². The first kappa shape index (κ1) is 17.7. The smallest absolute Gasteiger partial charge is 0.289 e. The summed E-state index contributed by atoms with van der Waals surface area (Å²) in [5.41, 5.74) is 1.61. The fraction of sp³-hybridized carbons (Fsp3) is 0.500. The van der Waals surface area contributed by atoms with Crippen molar-refractivity contribution in [3.63, 3.8) is 0 Å². The van der Waals surface area contributed by atoms with Crippen molar-refractivity contribution >= 4 is 11.8 Å². The molecule has 4 rings (SSSR count). The van der Waals surface area contributed by atoms with Gasteiger partial charge in [-0.25, -0.2) is 0 Å². The third-order valence-corrected chi connectivity index (χ3v) is 5.62. The van der Waals surface area contributed by atoms with Crippen molar-refractivity contribution in [1.82, 2.24) is 19.8 Å². The quantitative estimate of drug-likeness (QED) is 0.831. The summed E-state index contributed by atoms with van der Waals surface area (Å²) < 4.78 is 5.28. The highest BCUT2D eigenvalue weighted by Gasteiger charge is 2.43. The van der Waals surface area contributed by atoms with Crippen LogP contribution in [0.5, 0.6) is 0 Å². The number of hydrogen-bond donors (Lipinski definition) is 0. The lowest BCUT2D eigenvalue weighted by Gasteiger charge is -2.48. The Kier molecular flexibility index (Phi) is 4.68. The molecule has 2 aromatic rings. The number of carbonyl (C=O) groups is 2. The molecule has 0 bridgehead atoms. The van der Waals surface area contributed by atoms with Crippen LogP contribution in [0.1, 0.15) is 47.6 Å². The second-order valence-electron chi connectivity index (χ2n) is 7.71. The number of hydrogen-bond acceptors (Lipinski definition) is 5. The minimum absolute atomic E-state index is 0.0491. The molecule has 2 fully saturated rings. The zero-order valence-electron chi connectivity index (χ0n) is 15.6. The van der Waals surface area contributed by atoms with Crippen LogP contribution in [0.2, 0.25) is 0 Å². The van der Waals surface area contributed by atoms with E-state index in [1.54, 1.807) is 24.5 Å². The second-order valence-corrected chi connectivity index (χ2v) is 7.71. The molecule has 142 valence electrons. The zero-order valence-corrected chi connectivity index (χ0v) is 15.6. The van der Waals surface area contributed by atoms with E-state index in [0.717, 1.165) is 37.2 Å². The third-order valence-electron chi connectivity index (χ3n) is 5.62. The van der Waals surface area contributed by atoms with Gasteiger partial charge in [-0.2, -0.15) is 0 Å². The highest BCUT2D eigenvalue weighted by molar-refractivity contribution is 5.91. The molecule has 2 saturated heterocycles. The summed E-state index contributed by atoms with van der Waals surface area (Å²) in [6.07, 6.45) is 8.29. The van der Waals surface area contributed by atoms with Crippen molar-refractivity contribution in [1.29, 1.82) is 0 Å². The molecule has 2 aromatic heterocycles. The van der Waals surface area contributed by atoms with E-state index >= 15 is 0 Å². The van der Waals surface area contributed by atoms with Gasteiger partial charge in [-0.05, 0) is 38.3 Å². The van der Waals surface area contributed by atoms with E-state index in [2.05, 4.69) is 9.97 Å². The molecule has 4 heterocycles. The van der Waals surface area contributed by atoms with Crippen LogP contribution in [0.3, 0.4) is 0 Å². The molecule has 0 radical (unpaired) electrons. The van der Waals surface area contributed by atoms with Crippen molar-refractivity contribution in [3.8, 4) is 0 Å². The van der Waals surface area contributed by atoms with Crippen LogP contribution in [0.4, 0.5) is 0 Å². The van der Waals surface area contributed by atoms with Crippen LogP contribution in [0.25, 0.3) is 0 Å². The average molecular weight is 368 g/mol. The Morgan fingerprint density at radius 3 is 2.89 bits per heavy atom. The largest absolute Gasteiger partial charge is 0.459 e. The molecule has 7 nitrogen and oxygen atoms in total. The Labute approximate surface area is 158 Å². The molecule has 1 atom stereocenters. The Morgan fingerprint density at radius 2 is 2.15 bits per heavy atom. The summed E-state index contributed by atoms with van der Waals surface area (Å²) in [7, 11) is 0. The van der Waals surface area contributed by atoms with Gasteiger partial charge in [0.15, 0.2) is 5.76 Å². The minimum Gasteiger partial charge on any atom is -0.459 e. The number of aromatic nitrogens is 2. The predicted octanol–water partition coefficient (Wildman–Crippen LogP) is 2.42. The Balaban J connectivity index is 1.47. The fourth-order valence-corrected chi connectivity index (χ4v) is 4.21. The number of piperidine rings is 2. The first-order chi connectivity index (χ1) is 13.0. The molecule has 0 unspecified atom stereocenters. The van der Waals surface area contributed by atoms with Gasteiger partial charge in [-0.3, -0.25) is 19.6 Å². The number of rotatable bonds is 3. The Bertz CT molecular complexity index is 818. The summed E-state index contributed by atoms with van der Waals surface area (Å²) in [4.78, 5) is 37.6. The lowest BCUT2D eigenvalue weighted by Crippen LogP contribution is -2.54. The van der Waals surface area contributed by atoms with Crippen molar-refractivity contribution in [2.45, 2.75) is 39.2 Å². The van der Waals surface area contributed by atoms with Gasteiger partial charge in [-0.1, -0.05) is 0 Å². The van der Waals surface area contributed by atoms with Gasteiger partial charge in [-0.15, -0.1) is 0 Å². The monoisotopic (exact) mass is 368 g/mol. The Hall–Kier alpha value is -2.70. The van der Waals surface area contributed by atoms with E-state index in [1.165, 1.54) is 6.26 Å². The van der Waals surface area contributed by atoms with E-state index in [-0.39, 0.29) is 17.2 Å². The zero-order chi connectivity index (χ0) is 18.9. The summed E-state index contributed by atoms with van der Waals surface area (Å²) in [6.45, 7) is 4.42. The first-order valence-electron chi connectivity index (χ1n) is 9.43. The molecule has 1 spiro atoms. The normalized spacial score (nSPS) is 23.1. The predicted molar refractivity (Wildman–Crippen MR) is 97.7 cm³/mol. The molecular weight excluding hydrogens is 344 g/mol. The molecule has 7 heteroatoms.